The lowest BCUT2D eigenvalue weighted by molar-refractivity contribution is 0.260. The second-order valence-electron chi connectivity index (χ2n) is 8.36. The Hall–Kier alpha value is -3.54. The van der Waals surface area contributed by atoms with Crippen LogP contribution in [0.4, 0.5) is 5.95 Å². The first-order valence-electron chi connectivity index (χ1n) is 12.7. The van der Waals surface area contributed by atoms with Crippen molar-refractivity contribution in [2.45, 2.75) is 90.1 Å². The van der Waals surface area contributed by atoms with Gasteiger partial charge in [-0.3, -0.25) is 4.57 Å². The SMILES string of the molecule is N#COCCCCCCNc1nc(=O)n(CCCCCCN=C=O)c(=O)n1CCCCCCN=C=O. The number of nitrogens with zero attached hydrogens (tertiary/aromatic N) is 6. The lowest BCUT2D eigenvalue weighted by Gasteiger charge is -2.15. The van der Waals surface area contributed by atoms with Crippen LogP contribution in [-0.2, 0) is 27.4 Å². The average molecular weight is 504 g/mol. The largest absolute Gasteiger partial charge is 0.428 e. The van der Waals surface area contributed by atoms with E-state index < -0.39 is 5.69 Å². The first-order valence-corrected chi connectivity index (χ1v) is 12.7. The summed E-state index contributed by atoms with van der Waals surface area (Å²) in [7, 11) is 0. The van der Waals surface area contributed by atoms with Gasteiger partial charge in [-0.15, -0.1) is 0 Å². The summed E-state index contributed by atoms with van der Waals surface area (Å²) in [5.41, 5.74) is -0.938. The van der Waals surface area contributed by atoms with Crippen LogP contribution in [0.15, 0.2) is 19.6 Å². The van der Waals surface area contributed by atoms with Crippen LogP contribution < -0.4 is 16.7 Å². The van der Waals surface area contributed by atoms with Crippen molar-refractivity contribution >= 4 is 18.1 Å². The summed E-state index contributed by atoms with van der Waals surface area (Å²) in [6, 6.07) is 0. The molecule has 12 heteroatoms. The number of nitrogens with one attached hydrogen (secondary N) is 1. The molecule has 198 valence electrons. The number of unbranched alkanes of at least 4 members (excludes halogenated alkanes) is 9. The molecule has 0 spiro atoms. The van der Waals surface area contributed by atoms with E-state index >= 15 is 0 Å². The summed E-state index contributed by atoms with van der Waals surface area (Å²) < 4.78 is 7.37. The van der Waals surface area contributed by atoms with Gasteiger partial charge in [0, 0.05) is 19.6 Å². The Bertz CT molecular complexity index is 1000. The van der Waals surface area contributed by atoms with E-state index in [1.807, 2.05) is 0 Å². The molecule has 0 aliphatic carbocycles. The van der Waals surface area contributed by atoms with Crippen LogP contribution in [0.25, 0.3) is 0 Å². The fraction of sp³-hybridized carbons (Fsp3) is 0.750. The number of aliphatic imine (C=N–C) groups is 2. The van der Waals surface area contributed by atoms with E-state index in [2.05, 4.69) is 25.0 Å². The van der Waals surface area contributed by atoms with Gasteiger partial charge in [0.1, 0.15) is 6.61 Å². The molecular weight excluding hydrogens is 466 g/mol. The van der Waals surface area contributed by atoms with E-state index in [1.54, 1.807) is 6.26 Å². The highest BCUT2D eigenvalue weighted by Crippen LogP contribution is 2.07. The Morgan fingerprint density at radius 1 is 0.778 bits per heavy atom. The number of hydrogen-bond donors (Lipinski definition) is 1. The second kappa shape index (κ2) is 20.8. The maximum atomic E-state index is 13.1. The van der Waals surface area contributed by atoms with Crippen molar-refractivity contribution < 1.29 is 14.3 Å². The van der Waals surface area contributed by atoms with E-state index in [0.29, 0.717) is 39.2 Å². The number of anilines is 1. The number of carbonyl (C=O) groups excluding carboxylic acids is 2. The molecule has 1 rings (SSSR count). The molecule has 0 fully saturated rings. The molecule has 1 N–H and O–H groups in total. The van der Waals surface area contributed by atoms with Gasteiger partial charge in [0.2, 0.25) is 18.1 Å². The molecule has 0 aromatic carbocycles. The third-order valence-electron chi connectivity index (χ3n) is 5.60. The third kappa shape index (κ3) is 13.4. The Morgan fingerprint density at radius 2 is 1.33 bits per heavy atom. The average Bonchev–Trinajstić information content (AvgIpc) is 2.87. The monoisotopic (exact) mass is 503 g/mol. The molecule has 12 nitrogen and oxygen atoms in total. The van der Waals surface area contributed by atoms with Crippen LogP contribution in [0.2, 0.25) is 0 Å². The predicted octanol–water partition coefficient (Wildman–Crippen LogP) is 2.67. The molecule has 1 aromatic heterocycles. The molecule has 1 heterocycles. The summed E-state index contributed by atoms with van der Waals surface area (Å²) in [6.07, 6.45) is 14.5. The fourth-order valence-corrected chi connectivity index (χ4v) is 3.68. The lowest BCUT2D eigenvalue weighted by Crippen LogP contribution is -2.43. The van der Waals surface area contributed by atoms with Crippen molar-refractivity contribution in [3.8, 4) is 6.26 Å². The zero-order chi connectivity index (χ0) is 26.3. The molecule has 0 radical (unpaired) electrons. The van der Waals surface area contributed by atoms with Gasteiger partial charge in [0.15, 0.2) is 0 Å². The van der Waals surface area contributed by atoms with E-state index in [4.69, 9.17) is 5.26 Å². The zero-order valence-corrected chi connectivity index (χ0v) is 21.0. The number of isocyanates is 2. The third-order valence-corrected chi connectivity index (χ3v) is 5.60. The molecule has 0 unspecified atom stereocenters. The standard InChI is InChI=1S/C24H37N7O5/c25-19-36-18-12-6-3-9-15-28-22-29-23(34)31(17-11-5-2-8-14-27-21-33)24(35)30(22)16-10-4-1-7-13-26-20-32/h1-18H2,(H,28,29,34). The Labute approximate surface area is 211 Å². The minimum atomic E-state index is -0.565. The molecule has 0 amide bonds. The topological polar surface area (TPSA) is 161 Å². The highest BCUT2D eigenvalue weighted by atomic mass is 16.5. The van der Waals surface area contributed by atoms with Crippen LogP contribution in [0.1, 0.15) is 77.0 Å². The van der Waals surface area contributed by atoms with Crippen molar-refractivity contribution in [2.75, 3.05) is 31.6 Å². The van der Waals surface area contributed by atoms with Gasteiger partial charge in [0.25, 0.3) is 6.26 Å². The first kappa shape index (κ1) is 30.5. The Morgan fingerprint density at radius 3 is 1.94 bits per heavy atom. The smallest absolute Gasteiger partial charge is 0.354 e. The minimum absolute atomic E-state index is 0.284. The molecule has 36 heavy (non-hydrogen) atoms. The van der Waals surface area contributed by atoms with Crippen LogP contribution in [0, 0.1) is 11.5 Å². The van der Waals surface area contributed by atoms with Gasteiger partial charge in [-0.05, 0) is 44.9 Å². The van der Waals surface area contributed by atoms with Gasteiger partial charge in [0.05, 0.1) is 13.1 Å². The molecule has 0 atom stereocenters. The lowest BCUT2D eigenvalue weighted by atomic mass is 10.2. The zero-order valence-electron chi connectivity index (χ0n) is 21.0. The Kier molecular flexibility index (Phi) is 17.6. The van der Waals surface area contributed by atoms with Crippen LogP contribution in [-0.4, -0.2) is 52.5 Å². The summed E-state index contributed by atoms with van der Waals surface area (Å²) in [5.74, 6) is 0.284. The fourth-order valence-electron chi connectivity index (χ4n) is 3.68. The van der Waals surface area contributed by atoms with E-state index in [0.717, 1.165) is 70.6 Å². The number of nitriles is 1. The van der Waals surface area contributed by atoms with Crippen LogP contribution in [0.3, 0.4) is 0 Å². The summed E-state index contributed by atoms with van der Waals surface area (Å²) in [4.78, 5) is 57.2. The number of hydrogen-bond acceptors (Lipinski definition) is 10. The molecule has 1 aromatic rings. The highest BCUT2D eigenvalue weighted by Gasteiger charge is 2.13. The molecule has 0 saturated carbocycles. The summed E-state index contributed by atoms with van der Waals surface area (Å²) >= 11 is 0. The molecule has 0 aliphatic heterocycles. The number of rotatable bonds is 22. The van der Waals surface area contributed by atoms with Gasteiger partial charge < -0.3 is 10.1 Å². The molecule has 0 aliphatic rings. The van der Waals surface area contributed by atoms with Crippen molar-refractivity contribution in [3.63, 3.8) is 0 Å². The normalized spacial score (nSPS) is 10.2. The highest BCUT2D eigenvalue weighted by molar-refractivity contribution is 5.32. The van der Waals surface area contributed by atoms with Crippen LogP contribution >= 0.6 is 0 Å². The van der Waals surface area contributed by atoms with Gasteiger partial charge in [-0.1, -0.05) is 32.1 Å². The van der Waals surface area contributed by atoms with Crippen LogP contribution in [0.5, 0.6) is 0 Å². The Balaban J connectivity index is 2.72. The maximum absolute atomic E-state index is 13.1. The number of aromatic nitrogens is 3. The van der Waals surface area contributed by atoms with E-state index in [-0.39, 0.29) is 18.2 Å². The minimum Gasteiger partial charge on any atom is -0.428 e. The van der Waals surface area contributed by atoms with Crippen molar-refractivity contribution in [2.24, 2.45) is 9.98 Å². The molecule has 0 bridgehead atoms. The van der Waals surface area contributed by atoms with E-state index in [1.165, 1.54) is 21.3 Å². The quantitative estimate of drug-likeness (QED) is 0.109. The van der Waals surface area contributed by atoms with Gasteiger partial charge in [-0.2, -0.15) is 10.2 Å². The van der Waals surface area contributed by atoms with E-state index in [9.17, 15) is 19.2 Å². The van der Waals surface area contributed by atoms with Crippen molar-refractivity contribution in [1.82, 2.24) is 14.1 Å². The molecule has 0 saturated heterocycles. The van der Waals surface area contributed by atoms with Crippen molar-refractivity contribution in [3.05, 3.63) is 21.0 Å². The van der Waals surface area contributed by atoms with Gasteiger partial charge >= 0.3 is 11.4 Å². The number of ether oxygens (including phenoxy) is 1. The van der Waals surface area contributed by atoms with Crippen molar-refractivity contribution in [1.29, 1.82) is 5.26 Å². The summed E-state index contributed by atoms with van der Waals surface area (Å²) in [6.45, 7) is 2.59. The van der Waals surface area contributed by atoms with Gasteiger partial charge in [-0.25, -0.2) is 33.7 Å². The second-order valence-corrected chi connectivity index (χ2v) is 8.36. The summed E-state index contributed by atoms with van der Waals surface area (Å²) in [5, 5.41) is 11.5. The first-order chi connectivity index (χ1) is 17.7. The predicted molar refractivity (Wildman–Crippen MR) is 134 cm³/mol. The molecular formula is C24H37N7O5. The maximum Gasteiger partial charge on any atom is 0.354 e.